The molecule has 0 aromatic heterocycles. The van der Waals surface area contributed by atoms with Gasteiger partial charge in [-0.25, -0.2) is 4.70 Å². The van der Waals surface area contributed by atoms with Crippen LogP contribution in [0.1, 0.15) is 596 Å². The number of hydrogen-bond acceptors (Lipinski definition) is 0. The first kappa shape index (κ1) is 106. The fraction of sp³-hybridized carbons (Fsp3) is 0.835. The molecule has 0 amide bonds. The molecule has 0 radical (unpaired) electrons. The Hall–Kier alpha value is -2.25. The largest absolute Gasteiger partial charge is 0.493 e. The first-order chi connectivity index (χ1) is 55.1. The van der Waals surface area contributed by atoms with Crippen LogP contribution < -0.4 is 0 Å². The normalized spacial score (nSPS) is 12.6. The zero-order valence-corrected chi connectivity index (χ0v) is 77.5. The smallest absolute Gasteiger partial charge is 0.215 e. The zero-order chi connectivity index (χ0) is 78.8. The minimum Gasteiger partial charge on any atom is -0.493 e. The van der Waals surface area contributed by atoms with E-state index in [2.05, 4.69) is 88.4 Å². The Morgan fingerprint density at radius 3 is 0.580 bits per heavy atom. The Balaban J connectivity index is 0.0000426. The van der Waals surface area contributed by atoms with Crippen molar-refractivity contribution in [3.8, 4) is 0 Å². The summed E-state index contributed by atoms with van der Waals surface area (Å²) in [6, 6.07) is 19.0. The summed E-state index contributed by atoms with van der Waals surface area (Å²) in [5.74, 6) is 0. The van der Waals surface area contributed by atoms with Crippen molar-refractivity contribution in [2.75, 3.05) is 0 Å². The molecular formula is C109H196N2Ni. The summed E-state index contributed by atoms with van der Waals surface area (Å²) in [4.78, 5) is 0. The van der Waals surface area contributed by atoms with Crippen LogP contribution in [0.15, 0.2) is 71.8 Å². The first-order valence-corrected chi connectivity index (χ1v) is 52.0. The number of allylic oxidation sites excluding steroid dienone is 4. The van der Waals surface area contributed by atoms with Gasteiger partial charge in [0.05, 0.1) is 5.57 Å². The van der Waals surface area contributed by atoms with Gasteiger partial charge in [0.15, 0.2) is 0 Å². The van der Waals surface area contributed by atoms with Crippen LogP contribution in [0.2, 0.25) is 0 Å². The van der Waals surface area contributed by atoms with E-state index in [9.17, 15) is 5.53 Å². The molecule has 0 saturated carbocycles. The monoisotopic (exact) mass is 1590 g/mol. The Morgan fingerprint density at radius 1 is 0.205 bits per heavy atom. The minimum atomic E-state index is 0. The third kappa shape index (κ3) is 63.8. The molecule has 0 saturated heterocycles. The van der Waals surface area contributed by atoms with Gasteiger partial charge in [-0.2, -0.15) is 0 Å². The zero-order valence-electron chi connectivity index (χ0n) is 76.5. The predicted molar refractivity (Wildman–Crippen MR) is 502 cm³/mol. The summed E-state index contributed by atoms with van der Waals surface area (Å²) in [6.07, 6.45) is 127. The van der Waals surface area contributed by atoms with Gasteiger partial charge in [0.2, 0.25) is 11.4 Å². The third-order valence-corrected chi connectivity index (χ3v) is 25.9. The van der Waals surface area contributed by atoms with E-state index in [1.807, 2.05) is 0 Å². The quantitative estimate of drug-likeness (QED) is 0.0358. The van der Waals surface area contributed by atoms with Crippen molar-refractivity contribution < 1.29 is 21.2 Å². The Bertz CT molecular complexity index is 2340. The Kier molecular flexibility index (Phi) is 80.5. The van der Waals surface area contributed by atoms with Gasteiger partial charge in [-0.3, -0.25) is 0 Å². The Morgan fingerprint density at radius 2 is 0.375 bits per heavy atom. The molecule has 0 spiro atoms. The number of nitrogens with zero attached hydrogens (tertiary/aromatic N) is 2. The maximum Gasteiger partial charge on any atom is 0.215 e. The van der Waals surface area contributed by atoms with E-state index in [0.29, 0.717) is 0 Å². The third-order valence-electron chi connectivity index (χ3n) is 25.9. The maximum absolute atomic E-state index is 12.8. The van der Waals surface area contributed by atoms with Crippen molar-refractivity contribution in [2.24, 2.45) is 0 Å². The molecule has 1 aliphatic heterocycles. The molecule has 2 aromatic carbocycles. The van der Waals surface area contributed by atoms with E-state index in [-0.39, 0.29) is 16.5 Å². The van der Waals surface area contributed by atoms with Crippen LogP contribution in [0.5, 0.6) is 0 Å². The summed E-state index contributed by atoms with van der Waals surface area (Å²) in [5.41, 5.74) is 22.7. The fourth-order valence-corrected chi connectivity index (χ4v) is 18.3. The van der Waals surface area contributed by atoms with Gasteiger partial charge in [-0.05, 0) is 86.8 Å². The average molecular weight is 1590 g/mol. The van der Waals surface area contributed by atoms with E-state index in [0.717, 1.165) is 42.6 Å². The average Bonchev–Trinajstić information content (AvgIpc) is 1.61. The second-order valence-electron chi connectivity index (χ2n) is 36.7. The molecule has 0 N–H and O–H groups in total. The summed E-state index contributed by atoms with van der Waals surface area (Å²) in [6.45, 7) is 9.28. The van der Waals surface area contributed by atoms with Crippen molar-refractivity contribution in [2.45, 2.75) is 586 Å². The van der Waals surface area contributed by atoms with Crippen LogP contribution in [0.25, 0.3) is 16.9 Å². The van der Waals surface area contributed by atoms with Gasteiger partial charge in [0, 0.05) is 33.2 Å². The van der Waals surface area contributed by atoms with Crippen molar-refractivity contribution in [1.29, 1.82) is 0 Å². The second-order valence-corrected chi connectivity index (χ2v) is 36.7. The second kappa shape index (κ2) is 85.2. The molecule has 1 heterocycles. The molecule has 2 nitrogen and oxygen atoms in total. The van der Waals surface area contributed by atoms with Gasteiger partial charge in [0.25, 0.3) is 0 Å². The number of rotatable bonds is 90. The van der Waals surface area contributed by atoms with Crippen molar-refractivity contribution in [1.82, 2.24) is 0 Å². The molecular weight excluding hydrogens is 1400 g/mol. The van der Waals surface area contributed by atoms with Crippen LogP contribution in [-0.4, -0.2) is 4.70 Å². The predicted octanol–water partition coefficient (Wildman–Crippen LogP) is 39.7. The number of aryl methyl sites for hydroxylation is 2. The van der Waals surface area contributed by atoms with Crippen LogP contribution in [0.4, 0.5) is 0 Å². The number of unbranched alkanes of at least 4 members (excludes halogenated alkanes) is 80. The fourth-order valence-electron chi connectivity index (χ4n) is 18.3. The summed E-state index contributed by atoms with van der Waals surface area (Å²) < 4.78 is 1.65. The topological polar surface area (TPSA) is 25.3 Å². The maximum atomic E-state index is 12.8. The standard InChI is InChI=1S/C109H196N2.Ni/c1-5-9-13-17-21-25-29-33-37-41-45-47-48-49-50-51-53-57-61-65-69-73-77-81-85-89-93-107-106(92-88-84-80-76-72-68-64-60-56-52-46-42-38-34-30-26-22-18-14-10-6-2)108(104-98-94-102(95-99-104)90-86-82-78-74-70-66-62-58-54-43-39-35-31-27-23-19-15-11-7-3)111(110)109(107)105-100-96-103(97-101-105)91-87-83-79-75-71-67-63-59-55-44-40-36-32-28-24-20-16-12-8-4;/h89,93-101H,5-88,90-92H2,1-4H3;. The molecule has 0 unspecified atom stereocenters. The molecule has 0 fully saturated rings. The van der Waals surface area contributed by atoms with Crippen LogP contribution in [0.3, 0.4) is 0 Å². The van der Waals surface area contributed by atoms with Crippen molar-refractivity contribution in [3.63, 3.8) is 0 Å². The van der Waals surface area contributed by atoms with Crippen LogP contribution in [0, 0.1) is 0 Å². The van der Waals surface area contributed by atoms with E-state index in [1.165, 1.54) is 561 Å². The van der Waals surface area contributed by atoms with E-state index >= 15 is 0 Å². The van der Waals surface area contributed by atoms with Gasteiger partial charge in [-0.1, -0.05) is 571 Å². The molecule has 1 aliphatic rings. The molecule has 3 rings (SSSR count). The summed E-state index contributed by atoms with van der Waals surface area (Å²) in [5, 5.41) is 0. The van der Waals surface area contributed by atoms with Gasteiger partial charge in [0.1, 0.15) is 0 Å². The van der Waals surface area contributed by atoms with Gasteiger partial charge in [-0.15, -0.1) is 0 Å². The van der Waals surface area contributed by atoms with Gasteiger partial charge >= 0.3 is 0 Å². The molecule has 0 aliphatic carbocycles. The molecule has 0 atom stereocenters. The molecule has 112 heavy (non-hydrogen) atoms. The van der Waals surface area contributed by atoms with Crippen LogP contribution in [-0.2, 0) is 29.3 Å². The first-order valence-electron chi connectivity index (χ1n) is 52.0. The number of hydrogen-bond donors (Lipinski definition) is 0. The minimum absolute atomic E-state index is 0. The van der Waals surface area contributed by atoms with Crippen molar-refractivity contribution in [3.05, 3.63) is 99.6 Å². The van der Waals surface area contributed by atoms with E-state index in [1.54, 1.807) is 4.70 Å². The summed E-state index contributed by atoms with van der Waals surface area (Å²) >= 11 is 0. The molecule has 0 bridgehead atoms. The molecule has 2 aromatic rings. The summed E-state index contributed by atoms with van der Waals surface area (Å²) in [7, 11) is 0. The van der Waals surface area contributed by atoms with Crippen LogP contribution >= 0.6 is 0 Å². The van der Waals surface area contributed by atoms with Gasteiger partial charge < -0.3 is 5.53 Å². The van der Waals surface area contributed by atoms with Crippen molar-refractivity contribution >= 4 is 11.4 Å². The Labute approximate surface area is 713 Å². The number of benzene rings is 2. The van der Waals surface area contributed by atoms with E-state index in [4.69, 9.17) is 0 Å². The SMILES string of the molecule is CCCCCCCCCCCCCCCCCCCCCCCCCCC=CC1=C(c2ccc(CCCCCCCCCCCCCCCCCCCCC)cc2)[N+](=[N-])C(c2ccc(CCCCCCCCCCCCCCCCCCCCC)cc2)=C1CCCCCCCCCCCCCCCCCCCCCCC.[Ni]. The molecule has 652 valence electrons. The molecule has 3 heteroatoms. The van der Waals surface area contributed by atoms with E-state index < -0.39 is 0 Å².